The molecule has 0 saturated carbocycles. The van der Waals surface area contributed by atoms with Crippen LogP contribution in [0.1, 0.15) is 17.7 Å². The first kappa shape index (κ1) is 16.3. The molecule has 1 aromatic heterocycles. The van der Waals surface area contributed by atoms with Crippen molar-refractivity contribution in [2.45, 2.75) is 19.8 Å². The third-order valence-electron chi connectivity index (χ3n) is 3.72. The first-order valence-electron chi connectivity index (χ1n) is 7.81. The maximum Gasteiger partial charge on any atom is 0.224 e. The van der Waals surface area contributed by atoms with Crippen molar-refractivity contribution in [3.05, 3.63) is 77.0 Å². The molecule has 0 unspecified atom stereocenters. The monoisotopic (exact) mass is 339 g/mol. The summed E-state index contributed by atoms with van der Waals surface area (Å²) in [5.41, 5.74) is 2.94. The van der Waals surface area contributed by atoms with Crippen LogP contribution in [-0.2, 0) is 11.2 Å². The van der Waals surface area contributed by atoms with Crippen molar-refractivity contribution in [2.24, 2.45) is 0 Å². The Labute approximate surface area is 146 Å². The van der Waals surface area contributed by atoms with Crippen molar-refractivity contribution in [1.82, 2.24) is 0 Å². The highest BCUT2D eigenvalue weighted by atomic mass is 35.5. The minimum atomic E-state index is -0.0247. The summed E-state index contributed by atoms with van der Waals surface area (Å²) in [6.45, 7) is 2.01. The summed E-state index contributed by atoms with van der Waals surface area (Å²) in [7, 11) is 0. The average Bonchev–Trinajstić information content (AvgIpc) is 3.05. The maximum atomic E-state index is 12.0. The summed E-state index contributed by atoms with van der Waals surface area (Å²) in [6, 6.07) is 19.0. The molecule has 0 aliphatic rings. The number of carbonyl (C=O) groups excluding carboxylic acids is 1. The molecule has 0 aliphatic carbocycles. The van der Waals surface area contributed by atoms with Gasteiger partial charge in [0.2, 0.25) is 5.91 Å². The van der Waals surface area contributed by atoms with Crippen LogP contribution in [0.25, 0.3) is 11.3 Å². The van der Waals surface area contributed by atoms with Crippen LogP contribution in [0.4, 0.5) is 5.69 Å². The zero-order valence-electron chi connectivity index (χ0n) is 13.4. The van der Waals surface area contributed by atoms with Gasteiger partial charge in [0.25, 0.3) is 0 Å². The molecule has 1 N–H and O–H groups in total. The molecule has 122 valence electrons. The van der Waals surface area contributed by atoms with E-state index in [-0.39, 0.29) is 5.91 Å². The molecule has 0 saturated heterocycles. The van der Waals surface area contributed by atoms with Crippen LogP contribution in [0.15, 0.2) is 65.1 Å². The molecule has 3 rings (SSSR count). The van der Waals surface area contributed by atoms with Crippen LogP contribution in [-0.4, -0.2) is 5.91 Å². The van der Waals surface area contributed by atoms with E-state index in [2.05, 4.69) is 5.32 Å². The average molecular weight is 340 g/mol. The fourth-order valence-corrected chi connectivity index (χ4v) is 2.50. The van der Waals surface area contributed by atoms with E-state index in [9.17, 15) is 4.79 Å². The molecule has 3 nitrogen and oxygen atoms in total. The number of halogens is 1. The van der Waals surface area contributed by atoms with E-state index >= 15 is 0 Å². The van der Waals surface area contributed by atoms with Gasteiger partial charge < -0.3 is 9.73 Å². The summed E-state index contributed by atoms with van der Waals surface area (Å²) in [4.78, 5) is 12.0. The Hall–Kier alpha value is -2.52. The van der Waals surface area contributed by atoms with Gasteiger partial charge in [0, 0.05) is 29.1 Å². The van der Waals surface area contributed by atoms with Gasteiger partial charge in [-0.2, -0.15) is 0 Å². The molecule has 0 bridgehead atoms. The van der Waals surface area contributed by atoms with E-state index in [1.807, 2.05) is 67.6 Å². The van der Waals surface area contributed by atoms with Gasteiger partial charge in [-0.1, -0.05) is 29.3 Å². The van der Waals surface area contributed by atoms with Crippen LogP contribution in [0.5, 0.6) is 0 Å². The third-order valence-corrected chi connectivity index (χ3v) is 3.98. The van der Waals surface area contributed by atoms with Gasteiger partial charge >= 0.3 is 0 Å². The van der Waals surface area contributed by atoms with Gasteiger partial charge in [-0.05, 0) is 55.5 Å². The van der Waals surface area contributed by atoms with Crippen LogP contribution in [0.2, 0.25) is 5.02 Å². The van der Waals surface area contributed by atoms with E-state index in [1.54, 1.807) is 0 Å². The largest absolute Gasteiger partial charge is 0.461 e. The quantitative estimate of drug-likeness (QED) is 0.668. The molecular weight excluding hydrogens is 322 g/mol. The first-order chi connectivity index (χ1) is 11.6. The predicted molar refractivity (Wildman–Crippen MR) is 97.3 cm³/mol. The second-order valence-corrected chi connectivity index (χ2v) is 6.12. The summed E-state index contributed by atoms with van der Waals surface area (Å²) in [6.07, 6.45) is 0.937. The van der Waals surface area contributed by atoms with Crippen molar-refractivity contribution in [1.29, 1.82) is 0 Å². The molecule has 3 aromatic rings. The fraction of sp³-hybridized carbons (Fsp3) is 0.150. The SMILES string of the molecule is Cc1ccc(NC(=O)CCc2ccc(-c3ccc(Cl)cc3)o2)cc1. The van der Waals surface area contributed by atoms with E-state index in [0.717, 1.165) is 22.8 Å². The first-order valence-corrected chi connectivity index (χ1v) is 8.19. The summed E-state index contributed by atoms with van der Waals surface area (Å²) < 4.78 is 5.80. The Bertz CT molecular complexity index is 820. The Morgan fingerprint density at radius 3 is 2.42 bits per heavy atom. The highest BCUT2D eigenvalue weighted by Crippen LogP contribution is 2.24. The van der Waals surface area contributed by atoms with Crippen LogP contribution in [0, 0.1) is 6.92 Å². The molecular formula is C20H18ClNO2. The van der Waals surface area contributed by atoms with Gasteiger partial charge in [0.15, 0.2) is 0 Å². The van der Waals surface area contributed by atoms with Crippen LogP contribution >= 0.6 is 11.6 Å². The van der Waals surface area contributed by atoms with Crippen molar-refractivity contribution in [3.8, 4) is 11.3 Å². The van der Waals surface area contributed by atoms with E-state index in [0.29, 0.717) is 17.9 Å². The molecule has 0 fully saturated rings. The number of furan rings is 1. The van der Waals surface area contributed by atoms with Gasteiger partial charge in [0.05, 0.1) is 0 Å². The van der Waals surface area contributed by atoms with Gasteiger partial charge in [-0.15, -0.1) is 0 Å². The minimum absolute atomic E-state index is 0.0247. The highest BCUT2D eigenvalue weighted by molar-refractivity contribution is 6.30. The lowest BCUT2D eigenvalue weighted by atomic mass is 10.2. The number of anilines is 1. The Morgan fingerprint density at radius 1 is 1.00 bits per heavy atom. The maximum absolute atomic E-state index is 12.0. The minimum Gasteiger partial charge on any atom is -0.461 e. The number of carbonyl (C=O) groups is 1. The summed E-state index contributed by atoms with van der Waals surface area (Å²) >= 11 is 5.89. The van der Waals surface area contributed by atoms with Crippen molar-refractivity contribution < 1.29 is 9.21 Å². The van der Waals surface area contributed by atoms with Gasteiger partial charge in [-0.3, -0.25) is 4.79 Å². The lowest BCUT2D eigenvalue weighted by Gasteiger charge is -2.04. The topological polar surface area (TPSA) is 42.2 Å². The van der Waals surface area contributed by atoms with E-state index in [1.165, 1.54) is 5.56 Å². The Balaban J connectivity index is 1.56. The number of hydrogen-bond donors (Lipinski definition) is 1. The molecule has 0 atom stereocenters. The normalized spacial score (nSPS) is 10.6. The third kappa shape index (κ3) is 4.27. The molecule has 0 spiro atoms. The number of benzene rings is 2. The zero-order chi connectivity index (χ0) is 16.9. The summed E-state index contributed by atoms with van der Waals surface area (Å²) in [5.74, 6) is 1.54. The van der Waals surface area contributed by atoms with Crippen molar-refractivity contribution >= 4 is 23.2 Å². The van der Waals surface area contributed by atoms with Crippen LogP contribution < -0.4 is 5.32 Å². The number of aryl methyl sites for hydroxylation is 2. The lowest BCUT2D eigenvalue weighted by molar-refractivity contribution is -0.116. The molecule has 1 amide bonds. The fourth-order valence-electron chi connectivity index (χ4n) is 2.38. The smallest absolute Gasteiger partial charge is 0.224 e. The standard InChI is InChI=1S/C20H18ClNO2/c1-14-2-8-17(9-3-14)22-20(23)13-11-18-10-12-19(24-18)15-4-6-16(21)7-5-15/h2-10,12H,11,13H2,1H3,(H,22,23). The van der Waals surface area contributed by atoms with E-state index < -0.39 is 0 Å². The van der Waals surface area contributed by atoms with Gasteiger partial charge in [-0.25, -0.2) is 0 Å². The number of hydrogen-bond acceptors (Lipinski definition) is 2. The van der Waals surface area contributed by atoms with Crippen molar-refractivity contribution in [3.63, 3.8) is 0 Å². The Morgan fingerprint density at radius 2 is 1.71 bits per heavy atom. The van der Waals surface area contributed by atoms with Crippen molar-refractivity contribution in [2.75, 3.05) is 5.32 Å². The number of amides is 1. The zero-order valence-corrected chi connectivity index (χ0v) is 14.1. The molecule has 0 aliphatic heterocycles. The Kier molecular flexibility index (Phi) is 5.02. The molecule has 2 aromatic carbocycles. The molecule has 0 radical (unpaired) electrons. The number of nitrogens with one attached hydrogen (secondary N) is 1. The second kappa shape index (κ2) is 7.37. The molecule has 24 heavy (non-hydrogen) atoms. The number of rotatable bonds is 5. The predicted octanol–water partition coefficient (Wildman–Crippen LogP) is 5.48. The highest BCUT2D eigenvalue weighted by Gasteiger charge is 2.08. The summed E-state index contributed by atoms with van der Waals surface area (Å²) in [5, 5.41) is 3.58. The molecule has 1 heterocycles. The lowest BCUT2D eigenvalue weighted by Crippen LogP contribution is -2.12. The van der Waals surface area contributed by atoms with E-state index in [4.69, 9.17) is 16.0 Å². The molecule has 4 heteroatoms. The second-order valence-electron chi connectivity index (χ2n) is 5.69. The van der Waals surface area contributed by atoms with Gasteiger partial charge in [0.1, 0.15) is 11.5 Å². The van der Waals surface area contributed by atoms with Crippen LogP contribution in [0.3, 0.4) is 0 Å².